The van der Waals surface area contributed by atoms with Crippen molar-refractivity contribution in [2.75, 3.05) is 0 Å². The first-order chi connectivity index (χ1) is 9.81. The third-order valence-corrected chi connectivity index (χ3v) is 4.30. The molecule has 1 aliphatic rings. The summed E-state index contributed by atoms with van der Waals surface area (Å²) in [4.78, 5) is 12.6. The van der Waals surface area contributed by atoms with Crippen LogP contribution in [0.15, 0.2) is 30.3 Å². The van der Waals surface area contributed by atoms with Crippen LogP contribution in [-0.2, 0) is 4.79 Å². The molecule has 0 spiro atoms. The second-order valence-corrected chi connectivity index (χ2v) is 5.95. The van der Waals surface area contributed by atoms with Crippen LogP contribution in [0.1, 0.15) is 69.8 Å². The van der Waals surface area contributed by atoms with Crippen molar-refractivity contribution in [1.29, 1.82) is 0 Å². The number of nitrogens with one attached hydrogen (secondary N) is 1. The van der Waals surface area contributed by atoms with Crippen molar-refractivity contribution in [1.82, 2.24) is 5.32 Å². The SMILES string of the molecule is CCCC(C(=O)NC1CCCCCC1)c1ccccc1. The van der Waals surface area contributed by atoms with Gasteiger partial charge in [0.2, 0.25) is 5.91 Å². The summed E-state index contributed by atoms with van der Waals surface area (Å²) in [6.45, 7) is 2.15. The predicted octanol–water partition coefficient (Wildman–Crippen LogP) is 4.41. The molecule has 2 heteroatoms. The molecule has 1 aliphatic carbocycles. The van der Waals surface area contributed by atoms with Crippen LogP contribution in [0, 0.1) is 0 Å². The Morgan fingerprint density at radius 2 is 1.80 bits per heavy atom. The molecule has 1 aromatic rings. The lowest BCUT2D eigenvalue weighted by atomic mass is 9.93. The van der Waals surface area contributed by atoms with Gasteiger partial charge in [-0.05, 0) is 24.8 Å². The zero-order valence-corrected chi connectivity index (χ0v) is 12.6. The summed E-state index contributed by atoms with van der Waals surface area (Å²) < 4.78 is 0. The fourth-order valence-corrected chi connectivity index (χ4v) is 3.15. The quantitative estimate of drug-likeness (QED) is 0.791. The lowest BCUT2D eigenvalue weighted by Crippen LogP contribution is -2.37. The normalized spacial score (nSPS) is 18.2. The molecule has 0 radical (unpaired) electrons. The molecular weight excluding hydrogens is 246 g/mol. The summed E-state index contributed by atoms with van der Waals surface area (Å²) in [6, 6.07) is 10.6. The molecule has 2 nitrogen and oxygen atoms in total. The molecule has 1 amide bonds. The molecule has 0 saturated heterocycles. The maximum atomic E-state index is 12.6. The Morgan fingerprint density at radius 3 is 2.40 bits per heavy atom. The van der Waals surface area contributed by atoms with Gasteiger partial charge in [0, 0.05) is 6.04 Å². The minimum Gasteiger partial charge on any atom is -0.353 e. The maximum Gasteiger partial charge on any atom is 0.227 e. The number of hydrogen-bond donors (Lipinski definition) is 1. The van der Waals surface area contributed by atoms with Gasteiger partial charge in [0.1, 0.15) is 0 Å². The van der Waals surface area contributed by atoms with Crippen molar-refractivity contribution in [3.63, 3.8) is 0 Å². The highest BCUT2D eigenvalue weighted by Gasteiger charge is 2.22. The van der Waals surface area contributed by atoms with Gasteiger partial charge in [-0.1, -0.05) is 69.4 Å². The van der Waals surface area contributed by atoms with Gasteiger partial charge in [0.25, 0.3) is 0 Å². The molecular formula is C18H27NO. The maximum absolute atomic E-state index is 12.6. The van der Waals surface area contributed by atoms with Crippen molar-refractivity contribution in [3.05, 3.63) is 35.9 Å². The summed E-state index contributed by atoms with van der Waals surface area (Å²) >= 11 is 0. The van der Waals surface area contributed by atoms with E-state index in [0.717, 1.165) is 31.2 Å². The van der Waals surface area contributed by atoms with Crippen molar-refractivity contribution in [2.24, 2.45) is 0 Å². The van der Waals surface area contributed by atoms with Crippen LogP contribution >= 0.6 is 0 Å². The zero-order chi connectivity index (χ0) is 14.2. The number of carbonyl (C=O) groups is 1. The number of amides is 1. The first-order valence-electron chi connectivity index (χ1n) is 8.16. The van der Waals surface area contributed by atoms with E-state index >= 15 is 0 Å². The van der Waals surface area contributed by atoms with Gasteiger partial charge >= 0.3 is 0 Å². The molecule has 2 rings (SSSR count). The summed E-state index contributed by atoms with van der Waals surface area (Å²) in [7, 11) is 0. The third kappa shape index (κ3) is 4.36. The molecule has 1 atom stereocenters. The molecule has 0 aliphatic heterocycles. The summed E-state index contributed by atoms with van der Waals surface area (Å²) in [5.74, 6) is 0.245. The predicted molar refractivity (Wildman–Crippen MR) is 83.7 cm³/mol. The van der Waals surface area contributed by atoms with E-state index in [9.17, 15) is 4.79 Å². The van der Waals surface area contributed by atoms with E-state index in [-0.39, 0.29) is 11.8 Å². The average molecular weight is 273 g/mol. The topological polar surface area (TPSA) is 29.1 Å². The van der Waals surface area contributed by atoms with E-state index in [0.29, 0.717) is 6.04 Å². The van der Waals surface area contributed by atoms with Gasteiger partial charge in [-0.3, -0.25) is 4.79 Å². The second-order valence-electron chi connectivity index (χ2n) is 5.95. The highest BCUT2D eigenvalue weighted by molar-refractivity contribution is 5.83. The van der Waals surface area contributed by atoms with Crippen molar-refractivity contribution < 1.29 is 4.79 Å². The number of hydrogen-bond acceptors (Lipinski definition) is 1. The highest BCUT2D eigenvalue weighted by Crippen LogP contribution is 2.23. The first-order valence-corrected chi connectivity index (χ1v) is 8.16. The molecule has 110 valence electrons. The molecule has 1 fully saturated rings. The second kappa shape index (κ2) is 8.08. The standard InChI is InChI=1S/C18H27NO/c1-2-10-17(15-11-6-5-7-12-15)18(20)19-16-13-8-3-4-9-14-16/h5-7,11-12,16-17H,2-4,8-10,13-14H2,1H3,(H,19,20). The number of carbonyl (C=O) groups excluding carboxylic acids is 1. The lowest BCUT2D eigenvalue weighted by molar-refractivity contribution is -0.123. The summed E-state index contributed by atoms with van der Waals surface area (Å²) in [5, 5.41) is 3.30. The van der Waals surface area contributed by atoms with Crippen LogP contribution in [0.3, 0.4) is 0 Å². The lowest BCUT2D eigenvalue weighted by Gasteiger charge is -2.22. The Morgan fingerprint density at radius 1 is 1.15 bits per heavy atom. The molecule has 0 aromatic heterocycles. The van der Waals surface area contributed by atoms with E-state index in [1.807, 2.05) is 18.2 Å². The summed E-state index contributed by atoms with van der Waals surface area (Å²) in [6.07, 6.45) is 9.44. The van der Waals surface area contributed by atoms with Crippen molar-refractivity contribution in [2.45, 2.75) is 70.3 Å². The number of benzene rings is 1. The Hall–Kier alpha value is -1.31. The third-order valence-electron chi connectivity index (χ3n) is 4.30. The fraction of sp³-hybridized carbons (Fsp3) is 0.611. The van der Waals surface area contributed by atoms with E-state index < -0.39 is 0 Å². The Balaban J connectivity index is 1.99. The molecule has 1 N–H and O–H groups in total. The monoisotopic (exact) mass is 273 g/mol. The van der Waals surface area contributed by atoms with Crippen LogP contribution in [0.25, 0.3) is 0 Å². The van der Waals surface area contributed by atoms with Crippen LogP contribution in [0.2, 0.25) is 0 Å². The molecule has 1 unspecified atom stereocenters. The van der Waals surface area contributed by atoms with Gasteiger partial charge < -0.3 is 5.32 Å². The van der Waals surface area contributed by atoms with Gasteiger partial charge in [-0.2, -0.15) is 0 Å². The van der Waals surface area contributed by atoms with Crippen molar-refractivity contribution >= 4 is 5.91 Å². The van der Waals surface area contributed by atoms with Crippen molar-refractivity contribution in [3.8, 4) is 0 Å². The van der Waals surface area contributed by atoms with Gasteiger partial charge in [0.05, 0.1) is 5.92 Å². The van der Waals surface area contributed by atoms with Gasteiger partial charge in [0.15, 0.2) is 0 Å². The molecule has 20 heavy (non-hydrogen) atoms. The largest absolute Gasteiger partial charge is 0.353 e. The smallest absolute Gasteiger partial charge is 0.227 e. The van der Waals surface area contributed by atoms with Gasteiger partial charge in [-0.25, -0.2) is 0 Å². The minimum absolute atomic E-state index is 0.0180. The molecule has 1 aromatic carbocycles. The van der Waals surface area contributed by atoms with Crippen LogP contribution < -0.4 is 5.32 Å². The Kier molecular flexibility index (Phi) is 6.10. The Labute approximate surface area is 123 Å². The van der Waals surface area contributed by atoms with Crippen LogP contribution in [0.5, 0.6) is 0 Å². The summed E-state index contributed by atoms with van der Waals surface area (Å²) in [5.41, 5.74) is 1.15. The number of rotatable bonds is 5. The first kappa shape index (κ1) is 15.1. The van der Waals surface area contributed by atoms with E-state index in [2.05, 4.69) is 24.4 Å². The highest BCUT2D eigenvalue weighted by atomic mass is 16.1. The van der Waals surface area contributed by atoms with Gasteiger partial charge in [-0.15, -0.1) is 0 Å². The average Bonchev–Trinajstić information content (AvgIpc) is 2.74. The van der Waals surface area contributed by atoms with Crippen LogP contribution in [-0.4, -0.2) is 11.9 Å². The van der Waals surface area contributed by atoms with E-state index in [4.69, 9.17) is 0 Å². The molecule has 0 heterocycles. The zero-order valence-electron chi connectivity index (χ0n) is 12.6. The fourth-order valence-electron chi connectivity index (χ4n) is 3.15. The van der Waals surface area contributed by atoms with Crippen LogP contribution in [0.4, 0.5) is 0 Å². The Bertz CT molecular complexity index is 393. The minimum atomic E-state index is 0.0180. The molecule has 0 bridgehead atoms. The van der Waals surface area contributed by atoms with E-state index in [1.54, 1.807) is 0 Å². The van der Waals surface area contributed by atoms with E-state index in [1.165, 1.54) is 25.7 Å². The molecule has 1 saturated carbocycles.